The van der Waals surface area contributed by atoms with Crippen molar-refractivity contribution in [2.24, 2.45) is 4.99 Å². The van der Waals surface area contributed by atoms with Gasteiger partial charge in [0.15, 0.2) is 5.96 Å². The third-order valence-electron chi connectivity index (χ3n) is 4.60. The Labute approximate surface area is 166 Å². The molecule has 2 N–H and O–H groups in total. The van der Waals surface area contributed by atoms with Gasteiger partial charge in [-0.1, -0.05) is 44.2 Å². The fourth-order valence-electron chi connectivity index (χ4n) is 2.90. The number of aliphatic imine (C=N–C) groups is 1. The van der Waals surface area contributed by atoms with Gasteiger partial charge in [-0.25, -0.2) is 15.0 Å². The molecule has 0 spiro atoms. The van der Waals surface area contributed by atoms with E-state index >= 15 is 0 Å². The molecule has 0 unspecified atom stereocenters. The molecule has 0 amide bonds. The number of nitrogens with zero attached hydrogens (tertiary/aromatic N) is 4. The zero-order valence-corrected chi connectivity index (χ0v) is 16.8. The van der Waals surface area contributed by atoms with Gasteiger partial charge in [0.25, 0.3) is 0 Å². The van der Waals surface area contributed by atoms with Crippen molar-refractivity contribution in [1.82, 2.24) is 25.2 Å². The molecule has 0 saturated carbocycles. The summed E-state index contributed by atoms with van der Waals surface area (Å²) in [6.45, 7) is 8.72. The van der Waals surface area contributed by atoms with E-state index in [1.807, 2.05) is 29.0 Å². The van der Waals surface area contributed by atoms with Crippen molar-refractivity contribution >= 4 is 5.96 Å². The first-order chi connectivity index (χ1) is 13.6. The van der Waals surface area contributed by atoms with Crippen LogP contribution in [0.1, 0.15) is 31.9 Å². The molecule has 146 valence electrons. The molecule has 2 aromatic heterocycles. The normalized spacial score (nSPS) is 12.0. The Morgan fingerprint density at radius 2 is 1.93 bits per heavy atom. The minimum Gasteiger partial charge on any atom is -0.357 e. The predicted octanol–water partition coefficient (Wildman–Crippen LogP) is 3.30. The highest BCUT2D eigenvalue weighted by Crippen LogP contribution is 2.21. The van der Waals surface area contributed by atoms with Crippen molar-refractivity contribution in [2.45, 2.75) is 32.7 Å². The number of aromatic nitrogens is 3. The Balaban J connectivity index is 1.67. The smallest absolute Gasteiger partial charge is 0.191 e. The number of nitrogens with one attached hydrogen (secondary N) is 2. The van der Waals surface area contributed by atoms with Crippen molar-refractivity contribution in [3.8, 4) is 5.82 Å². The van der Waals surface area contributed by atoms with Gasteiger partial charge in [0, 0.05) is 37.1 Å². The lowest BCUT2D eigenvalue weighted by Crippen LogP contribution is -2.43. The third kappa shape index (κ3) is 5.19. The van der Waals surface area contributed by atoms with Crippen molar-refractivity contribution in [1.29, 1.82) is 0 Å². The van der Waals surface area contributed by atoms with Crippen LogP contribution >= 0.6 is 0 Å². The summed E-state index contributed by atoms with van der Waals surface area (Å²) in [5.41, 5.74) is 2.40. The quantitative estimate of drug-likeness (QED) is 0.490. The van der Waals surface area contributed by atoms with E-state index in [1.54, 1.807) is 18.7 Å². The van der Waals surface area contributed by atoms with Crippen LogP contribution in [-0.2, 0) is 12.0 Å². The van der Waals surface area contributed by atoms with E-state index in [2.05, 4.69) is 65.6 Å². The zero-order chi connectivity index (χ0) is 19.8. The van der Waals surface area contributed by atoms with Crippen molar-refractivity contribution in [3.05, 3.63) is 78.5 Å². The molecular formula is C22H28N6. The van der Waals surface area contributed by atoms with Crippen molar-refractivity contribution in [2.75, 3.05) is 13.1 Å². The van der Waals surface area contributed by atoms with E-state index in [0.29, 0.717) is 6.54 Å². The zero-order valence-electron chi connectivity index (χ0n) is 16.8. The molecule has 3 rings (SSSR count). The fourth-order valence-corrected chi connectivity index (χ4v) is 2.90. The summed E-state index contributed by atoms with van der Waals surface area (Å²) in [7, 11) is 0. The number of hydrogen-bond acceptors (Lipinski definition) is 3. The van der Waals surface area contributed by atoms with Crippen LogP contribution in [0, 0.1) is 0 Å². The molecular weight excluding hydrogens is 348 g/mol. The maximum absolute atomic E-state index is 4.74. The third-order valence-corrected chi connectivity index (χ3v) is 4.60. The molecule has 28 heavy (non-hydrogen) atoms. The number of pyridine rings is 1. The Morgan fingerprint density at radius 3 is 2.64 bits per heavy atom. The van der Waals surface area contributed by atoms with E-state index in [0.717, 1.165) is 30.4 Å². The second-order valence-corrected chi connectivity index (χ2v) is 7.29. The van der Waals surface area contributed by atoms with Gasteiger partial charge in [0.2, 0.25) is 0 Å². The minimum absolute atomic E-state index is 0.00269. The van der Waals surface area contributed by atoms with Crippen molar-refractivity contribution in [3.63, 3.8) is 0 Å². The van der Waals surface area contributed by atoms with Gasteiger partial charge in [0.1, 0.15) is 12.1 Å². The fraction of sp³-hybridized carbons (Fsp3) is 0.318. The molecule has 6 heteroatoms. The first-order valence-corrected chi connectivity index (χ1v) is 9.59. The summed E-state index contributed by atoms with van der Waals surface area (Å²) >= 11 is 0. The predicted molar refractivity (Wildman–Crippen MR) is 114 cm³/mol. The Morgan fingerprint density at radius 1 is 1.11 bits per heavy atom. The molecule has 0 aliphatic heterocycles. The summed E-state index contributed by atoms with van der Waals surface area (Å²) in [5.74, 6) is 1.65. The van der Waals surface area contributed by atoms with Gasteiger partial charge >= 0.3 is 0 Å². The molecule has 0 saturated heterocycles. The van der Waals surface area contributed by atoms with Crippen LogP contribution in [0.2, 0.25) is 0 Å². The van der Waals surface area contributed by atoms with E-state index < -0.39 is 0 Å². The lowest BCUT2D eigenvalue weighted by Gasteiger charge is -2.26. The van der Waals surface area contributed by atoms with Gasteiger partial charge in [-0.3, -0.25) is 4.57 Å². The molecule has 6 nitrogen and oxygen atoms in total. The molecule has 0 fully saturated rings. The molecule has 0 atom stereocenters. The molecule has 1 aromatic carbocycles. The highest BCUT2D eigenvalue weighted by molar-refractivity contribution is 5.79. The van der Waals surface area contributed by atoms with Crippen LogP contribution in [0.25, 0.3) is 5.82 Å². The molecule has 3 aromatic rings. The second kappa shape index (κ2) is 9.17. The first-order valence-electron chi connectivity index (χ1n) is 9.59. The van der Waals surface area contributed by atoms with Crippen LogP contribution < -0.4 is 10.6 Å². The van der Waals surface area contributed by atoms with E-state index in [9.17, 15) is 0 Å². The Bertz CT molecular complexity index is 884. The second-order valence-electron chi connectivity index (χ2n) is 7.29. The van der Waals surface area contributed by atoms with Gasteiger partial charge in [-0.15, -0.1) is 0 Å². The number of guanidine groups is 1. The molecule has 0 bridgehead atoms. The highest BCUT2D eigenvalue weighted by atomic mass is 15.2. The number of imidazole rings is 1. The molecule has 0 radical (unpaired) electrons. The minimum atomic E-state index is 0.00269. The number of benzene rings is 1. The summed E-state index contributed by atoms with van der Waals surface area (Å²) in [6.07, 6.45) is 7.17. The average Bonchev–Trinajstić information content (AvgIpc) is 3.26. The Kier molecular flexibility index (Phi) is 6.42. The van der Waals surface area contributed by atoms with Gasteiger partial charge in [0.05, 0.1) is 6.54 Å². The van der Waals surface area contributed by atoms with Crippen LogP contribution in [-0.4, -0.2) is 33.6 Å². The summed E-state index contributed by atoms with van der Waals surface area (Å²) in [6, 6.07) is 14.6. The lowest BCUT2D eigenvalue weighted by atomic mass is 9.85. The van der Waals surface area contributed by atoms with Gasteiger partial charge in [-0.2, -0.15) is 0 Å². The summed E-state index contributed by atoms with van der Waals surface area (Å²) < 4.78 is 1.89. The largest absolute Gasteiger partial charge is 0.357 e. The topological polar surface area (TPSA) is 67.1 Å². The maximum Gasteiger partial charge on any atom is 0.191 e. The van der Waals surface area contributed by atoms with Crippen LogP contribution in [0.3, 0.4) is 0 Å². The number of rotatable bonds is 7. The van der Waals surface area contributed by atoms with E-state index in [4.69, 9.17) is 4.99 Å². The number of hydrogen-bond donors (Lipinski definition) is 2. The maximum atomic E-state index is 4.74. The molecule has 0 aliphatic carbocycles. The summed E-state index contributed by atoms with van der Waals surface area (Å²) in [5, 5.41) is 6.81. The van der Waals surface area contributed by atoms with E-state index in [-0.39, 0.29) is 5.41 Å². The van der Waals surface area contributed by atoms with Crippen LogP contribution in [0.5, 0.6) is 0 Å². The van der Waals surface area contributed by atoms with Gasteiger partial charge in [-0.05, 0) is 30.2 Å². The SMILES string of the molecule is CCNC(=NCc1ccnc(-n2ccnc2)c1)NCC(C)(C)c1ccccc1. The van der Waals surface area contributed by atoms with Crippen LogP contribution in [0.15, 0.2) is 72.4 Å². The highest BCUT2D eigenvalue weighted by Gasteiger charge is 2.20. The van der Waals surface area contributed by atoms with Crippen LogP contribution in [0.4, 0.5) is 0 Å². The van der Waals surface area contributed by atoms with Gasteiger partial charge < -0.3 is 10.6 Å². The first kappa shape index (κ1) is 19.6. The summed E-state index contributed by atoms with van der Waals surface area (Å²) in [4.78, 5) is 13.2. The average molecular weight is 377 g/mol. The monoisotopic (exact) mass is 376 g/mol. The molecule has 2 heterocycles. The standard InChI is InChI=1S/C22H28N6/c1-4-24-21(27-16-22(2,3)19-8-6-5-7-9-19)26-15-18-10-11-25-20(14-18)28-13-12-23-17-28/h5-14,17H,4,15-16H2,1-3H3,(H2,24,26,27). The lowest BCUT2D eigenvalue weighted by molar-refractivity contribution is 0.508. The van der Waals surface area contributed by atoms with E-state index in [1.165, 1.54) is 5.56 Å². The van der Waals surface area contributed by atoms with Crippen molar-refractivity contribution < 1.29 is 0 Å². The molecule has 0 aliphatic rings. The Hall–Kier alpha value is -3.15.